The summed E-state index contributed by atoms with van der Waals surface area (Å²) in [6.07, 6.45) is 10.7. The van der Waals surface area contributed by atoms with Gasteiger partial charge in [-0.25, -0.2) is 0 Å². The van der Waals surface area contributed by atoms with E-state index >= 15 is 0 Å². The molecule has 116 valence electrons. The van der Waals surface area contributed by atoms with Crippen molar-refractivity contribution >= 4 is 23.1 Å². The number of carbonyl (C=O) groups is 1. The summed E-state index contributed by atoms with van der Waals surface area (Å²) in [4.78, 5) is 16.0. The molecule has 0 spiro atoms. The van der Waals surface area contributed by atoms with E-state index in [0.717, 1.165) is 43.6 Å². The topological polar surface area (TPSA) is 46.3 Å². The third-order valence-corrected chi connectivity index (χ3v) is 6.54. The number of nitrogens with two attached hydrogens (primary N) is 1. The molecule has 0 atom stereocenters. The van der Waals surface area contributed by atoms with Crippen LogP contribution in [0.3, 0.4) is 0 Å². The van der Waals surface area contributed by atoms with E-state index in [-0.39, 0.29) is 5.41 Å². The van der Waals surface area contributed by atoms with Gasteiger partial charge < -0.3 is 10.6 Å². The molecule has 21 heavy (non-hydrogen) atoms. The van der Waals surface area contributed by atoms with Crippen molar-refractivity contribution < 1.29 is 4.79 Å². The van der Waals surface area contributed by atoms with Crippen molar-refractivity contribution in [3.8, 4) is 0 Å². The normalized spacial score (nSPS) is 40.3. The zero-order chi connectivity index (χ0) is 14.6. The Hall–Kier alpha value is -0.640. The molecular weight excluding hydrogens is 280 g/mol. The van der Waals surface area contributed by atoms with E-state index in [1.54, 1.807) is 0 Å². The summed E-state index contributed by atoms with van der Waals surface area (Å²) < 4.78 is 0. The second-order valence-electron chi connectivity index (χ2n) is 8.14. The Bertz CT molecular complexity index is 436. The lowest BCUT2D eigenvalue weighted by atomic mass is 9.49. The van der Waals surface area contributed by atoms with Crippen LogP contribution in [0.15, 0.2) is 0 Å². The third kappa shape index (κ3) is 2.49. The van der Waals surface area contributed by atoms with Crippen molar-refractivity contribution in [2.45, 2.75) is 63.8 Å². The fraction of sp³-hybridized carbons (Fsp3) is 0.882. The van der Waals surface area contributed by atoms with E-state index < -0.39 is 0 Å². The molecule has 0 aromatic heterocycles. The number of rotatable bonds is 5. The number of hydrogen-bond acceptors (Lipinski definition) is 2. The molecule has 0 aliphatic heterocycles. The molecule has 5 aliphatic carbocycles. The zero-order valence-electron chi connectivity index (χ0n) is 12.7. The van der Waals surface area contributed by atoms with Gasteiger partial charge in [0.2, 0.25) is 5.91 Å². The quantitative estimate of drug-likeness (QED) is 0.795. The lowest BCUT2D eigenvalue weighted by molar-refractivity contribution is -0.158. The fourth-order valence-corrected chi connectivity index (χ4v) is 5.84. The summed E-state index contributed by atoms with van der Waals surface area (Å²) in [6, 6.07) is 0.486. The van der Waals surface area contributed by atoms with Crippen LogP contribution < -0.4 is 5.73 Å². The average Bonchev–Trinajstić information content (AvgIpc) is 3.21. The molecule has 5 saturated carbocycles. The lowest BCUT2D eigenvalue weighted by Crippen LogP contribution is -2.55. The molecule has 5 aliphatic rings. The average molecular weight is 306 g/mol. The number of hydrogen-bond donors (Lipinski definition) is 1. The van der Waals surface area contributed by atoms with Crippen LogP contribution in [0.2, 0.25) is 0 Å². The van der Waals surface area contributed by atoms with E-state index in [4.69, 9.17) is 18.0 Å². The summed E-state index contributed by atoms with van der Waals surface area (Å²) in [7, 11) is 0. The SMILES string of the molecule is NC(=S)CCN(C(=O)C12CC3CC(CC(C3)C1)C2)C1CC1. The minimum absolute atomic E-state index is 0.00639. The smallest absolute Gasteiger partial charge is 0.229 e. The van der Waals surface area contributed by atoms with Crippen LogP contribution in [0.5, 0.6) is 0 Å². The maximum absolute atomic E-state index is 13.3. The van der Waals surface area contributed by atoms with Crippen LogP contribution in [0.4, 0.5) is 0 Å². The van der Waals surface area contributed by atoms with Crippen molar-refractivity contribution in [2.24, 2.45) is 28.9 Å². The first-order chi connectivity index (χ1) is 10.1. The summed E-state index contributed by atoms with van der Waals surface area (Å²) in [6.45, 7) is 0.751. The van der Waals surface area contributed by atoms with Gasteiger partial charge in [0.25, 0.3) is 0 Å². The molecule has 5 fully saturated rings. The first-order valence-electron chi connectivity index (χ1n) is 8.65. The first kappa shape index (κ1) is 14.0. The Morgan fingerprint density at radius 1 is 1.10 bits per heavy atom. The molecule has 0 aromatic rings. The summed E-state index contributed by atoms with van der Waals surface area (Å²) in [5.41, 5.74) is 5.65. The second kappa shape index (κ2) is 4.94. The van der Waals surface area contributed by atoms with Gasteiger partial charge in [-0.05, 0) is 69.1 Å². The van der Waals surface area contributed by atoms with Gasteiger partial charge in [0.05, 0.1) is 10.4 Å². The monoisotopic (exact) mass is 306 g/mol. The Kier molecular flexibility index (Phi) is 3.29. The Balaban J connectivity index is 1.53. The van der Waals surface area contributed by atoms with E-state index in [0.29, 0.717) is 23.4 Å². The zero-order valence-corrected chi connectivity index (χ0v) is 13.5. The van der Waals surface area contributed by atoms with Gasteiger partial charge in [-0.2, -0.15) is 0 Å². The highest BCUT2D eigenvalue weighted by atomic mass is 32.1. The predicted molar refractivity (Wildman–Crippen MR) is 86.7 cm³/mol. The van der Waals surface area contributed by atoms with Crippen LogP contribution >= 0.6 is 12.2 Å². The largest absolute Gasteiger partial charge is 0.393 e. The standard InChI is InChI=1S/C17H26N2OS/c18-15(21)3-4-19(14-1-2-14)16(20)17-8-11-5-12(9-17)7-13(6-11)10-17/h11-14H,1-10H2,(H2,18,21). The van der Waals surface area contributed by atoms with Crippen molar-refractivity contribution in [3.05, 3.63) is 0 Å². The first-order valence-corrected chi connectivity index (χ1v) is 9.06. The predicted octanol–water partition coefficient (Wildman–Crippen LogP) is 2.87. The molecule has 0 unspecified atom stereocenters. The molecule has 3 nitrogen and oxygen atoms in total. The van der Waals surface area contributed by atoms with Gasteiger partial charge in [-0.15, -0.1) is 0 Å². The molecule has 1 amide bonds. The minimum atomic E-state index is -0.00639. The van der Waals surface area contributed by atoms with E-state index in [2.05, 4.69) is 4.90 Å². The number of amides is 1. The summed E-state index contributed by atoms with van der Waals surface area (Å²) >= 11 is 5.02. The number of carbonyl (C=O) groups excluding carboxylic acids is 1. The molecule has 5 rings (SSSR count). The molecular formula is C17H26N2OS. The molecule has 0 radical (unpaired) electrons. The van der Waals surface area contributed by atoms with E-state index in [1.165, 1.54) is 32.1 Å². The summed E-state index contributed by atoms with van der Waals surface area (Å²) in [5.74, 6) is 2.95. The highest BCUT2D eigenvalue weighted by Crippen LogP contribution is 2.60. The highest BCUT2D eigenvalue weighted by molar-refractivity contribution is 7.80. The van der Waals surface area contributed by atoms with Crippen molar-refractivity contribution in [1.29, 1.82) is 0 Å². The number of nitrogens with zero attached hydrogens (tertiary/aromatic N) is 1. The summed E-state index contributed by atoms with van der Waals surface area (Å²) in [5, 5.41) is 0. The van der Waals surface area contributed by atoms with Gasteiger partial charge in [0, 0.05) is 19.0 Å². The van der Waals surface area contributed by atoms with E-state index in [9.17, 15) is 4.79 Å². The van der Waals surface area contributed by atoms with Gasteiger partial charge in [0.1, 0.15) is 0 Å². The maximum atomic E-state index is 13.3. The van der Waals surface area contributed by atoms with Crippen molar-refractivity contribution in [1.82, 2.24) is 4.90 Å². The molecule has 0 aromatic carbocycles. The Morgan fingerprint density at radius 2 is 1.62 bits per heavy atom. The highest BCUT2D eigenvalue weighted by Gasteiger charge is 2.56. The molecule has 4 bridgehead atoms. The second-order valence-corrected chi connectivity index (χ2v) is 8.67. The van der Waals surface area contributed by atoms with Gasteiger partial charge >= 0.3 is 0 Å². The minimum Gasteiger partial charge on any atom is -0.393 e. The fourth-order valence-electron chi connectivity index (χ4n) is 5.74. The van der Waals surface area contributed by atoms with Crippen LogP contribution in [0.25, 0.3) is 0 Å². The molecule has 0 saturated heterocycles. The van der Waals surface area contributed by atoms with Gasteiger partial charge in [-0.3, -0.25) is 4.79 Å². The molecule has 2 N–H and O–H groups in total. The molecule has 0 heterocycles. The van der Waals surface area contributed by atoms with Gasteiger partial charge in [-0.1, -0.05) is 12.2 Å². The van der Waals surface area contributed by atoms with Crippen molar-refractivity contribution in [3.63, 3.8) is 0 Å². The Labute approximate surface area is 132 Å². The van der Waals surface area contributed by atoms with Crippen LogP contribution in [0.1, 0.15) is 57.8 Å². The Morgan fingerprint density at radius 3 is 2.05 bits per heavy atom. The molecule has 4 heteroatoms. The van der Waals surface area contributed by atoms with Crippen LogP contribution in [-0.4, -0.2) is 28.4 Å². The van der Waals surface area contributed by atoms with Crippen LogP contribution in [0, 0.1) is 23.2 Å². The van der Waals surface area contributed by atoms with Gasteiger partial charge in [0.15, 0.2) is 0 Å². The van der Waals surface area contributed by atoms with Crippen molar-refractivity contribution in [2.75, 3.05) is 6.54 Å². The third-order valence-electron chi connectivity index (χ3n) is 6.34. The van der Waals surface area contributed by atoms with Crippen LogP contribution in [-0.2, 0) is 4.79 Å². The number of thiocarbonyl (C=S) groups is 1. The maximum Gasteiger partial charge on any atom is 0.229 e. The van der Waals surface area contributed by atoms with E-state index in [1.807, 2.05) is 0 Å². The lowest BCUT2D eigenvalue weighted by Gasteiger charge is -2.56.